The van der Waals surface area contributed by atoms with Gasteiger partial charge in [0, 0.05) is 18.3 Å². The molecule has 7 atom stereocenters. The van der Waals surface area contributed by atoms with Crippen molar-refractivity contribution in [1.82, 2.24) is 0 Å². The Labute approximate surface area is 132 Å². The Morgan fingerprint density at radius 2 is 1.77 bits per heavy atom. The molecule has 2 heteroatoms. The maximum Gasteiger partial charge on any atom is 0.155 e. The number of hydrogen-bond donors (Lipinski definition) is 0. The molecule has 0 aromatic heterocycles. The highest BCUT2D eigenvalue weighted by atomic mass is 16.1. The van der Waals surface area contributed by atoms with Gasteiger partial charge in [0.2, 0.25) is 0 Å². The quantitative estimate of drug-likeness (QED) is 0.678. The van der Waals surface area contributed by atoms with Crippen LogP contribution in [-0.4, -0.2) is 11.6 Å². The Bertz CT molecular complexity index is 617. The van der Waals surface area contributed by atoms with E-state index in [2.05, 4.69) is 13.8 Å². The average Bonchev–Trinajstić information content (AvgIpc) is 3.22. The minimum atomic E-state index is -0.0175. The molecule has 22 heavy (non-hydrogen) atoms. The van der Waals surface area contributed by atoms with E-state index in [1.165, 1.54) is 18.4 Å². The first-order valence-electron chi connectivity index (χ1n) is 9.23. The van der Waals surface area contributed by atoms with E-state index in [0.717, 1.165) is 49.9 Å². The average molecular weight is 298 g/mol. The summed E-state index contributed by atoms with van der Waals surface area (Å²) in [7, 11) is 0. The van der Waals surface area contributed by atoms with Gasteiger partial charge < -0.3 is 0 Å². The lowest BCUT2D eigenvalue weighted by Crippen LogP contribution is -2.51. The molecular weight excluding hydrogens is 272 g/mol. The highest BCUT2D eigenvalue weighted by molar-refractivity contribution is 5.92. The molecule has 0 amide bonds. The van der Waals surface area contributed by atoms with Crippen LogP contribution in [0.5, 0.6) is 0 Å². The summed E-state index contributed by atoms with van der Waals surface area (Å²) in [6.45, 7) is 4.70. The van der Waals surface area contributed by atoms with Crippen LogP contribution in [-0.2, 0) is 9.59 Å². The van der Waals surface area contributed by atoms with Crippen LogP contribution < -0.4 is 0 Å². The molecule has 4 saturated carbocycles. The van der Waals surface area contributed by atoms with Crippen LogP contribution in [0, 0.1) is 40.4 Å². The molecule has 0 aromatic rings. The lowest BCUT2D eigenvalue weighted by molar-refractivity contribution is -0.133. The van der Waals surface area contributed by atoms with Gasteiger partial charge in [-0.05, 0) is 73.2 Å². The van der Waals surface area contributed by atoms with Crippen molar-refractivity contribution in [3.8, 4) is 0 Å². The van der Waals surface area contributed by atoms with Gasteiger partial charge in [0.25, 0.3) is 0 Å². The number of ketones is 2. The van der Waals surface area contributed by atoms with Crippen LogP contribution >= 0.6 is 0 Å². The third kappa shape index (κ3) is 1.43. The van der Waals surface area contributed by atoms with Gasteiger partial charge in [-0.1, -0.05) is 19.4 Å². The molecule has 0 spiro atoms. The zero-order valence-corrected chi connectivity index (χ0v) is 13.7. The zero-order valence-electron chi connectivity index (χ0n) is 13.7. The van der Waals surface area contributed by atoms with Crippen molar-refractivity contribution in [2.45, 2.75) is 58.8 Å². The summed E-state index contributed by atoms with van der Waals surface area (Å²) in [4.78, 5) is 24.4. The molecule has 5 aliphatic rings. The largest absolute Gasteiger partial charge is 0.299 e. The molecule has 0 N–H and O–H groups in total. The summed E-state index contributed by atoms with van der Waals surface area (Å²) < 4.78 is 0. The first-order chi connectivity index (χ1) is 10.4. The molecule has 0 aliphatic heterocycles. The maximum atomic E-state index is 12.5. The standard InChI is InChI=1S/C20H26O2/c1-19-7-5-11(21)9-16(19)12-10-13(12)18-14-3-4-17(22)20(14,2)8-6-15(18)19/h9,12-15,18H,3-8,10H2,1-2H3/t12-,13+,14-,15-,18-,19+,20-/m0/s1. The molecule has 0 heterocycles. The van der Waals surface area contributed by atoms with E-state index in [1.54, 1.807) is 0 Å². The van der Waals surface area contributed by atoms with Gasteiger partial charge in [-0.25, -0.2) is 0 Å². The highest BCUT2D eigenvalue weighted by Gasteiger charge is 2.67. The molecular formula is C20H26O2. The first kappa shape index (κ1) is 13.5. The maximum absolute atomic E-state index is 12.5. The summed E-state index contributed by atoms with van der Waals surface area (Å²) >= 11 is 0. The number of Topliss-reactive ketones (excluding diaryl/α,β-unsaturated/α-hetero) is 1. The van der Waals surface area contributed by atoms with E-state index in [0.29, 0.717) is 23.4 Å². The molecule has 4 fully saturated rings. The van der Waals surface area contributed by atoms with Gasteiger partial charge in [0.05, 0.1) is 0 Å². The normalized spacial score (nSPS) is 55.7. The van der Waals surface area contributed by atoms with Crippen molar-refractivity contribution < 1.29 is 9.59 Å². The van der Waals surface area contributed by atoms with E-state index in [9.17, 15) is 9.59 Å². The Balaban J connectivity index is 1.59. The second kappa shape index (κ2) is 3.94. The predicted molar refractivity (Wildman–Crippen MR) is 84.1 cm³/mol. The minimum Gasteiger partial charge on any atom is -0.299 e. The highest BCUT2D eigenvalue weighted by Crippen LogP contribution is 2.73. The Morgan fingerprint density at radius 1 is 1.00 bits per heavy atom. The van der Waals surface area contributed by atoms with Crippen LogP contribution in [0.15, 0.2) is 11.6 Å². The summed E-state index contributed by atoms with van der Waals surface area (Å²) in [6.07, 6.45) is 9.35. The Hall–Kier alpha value is -0.920. The molecule has 2 nitrogen and oxygen atoms in total. The molecule has 118 valence electrons. The number of hydrogen-bond acceptors (Lipinski definition) is 2. The zero-order chi connectivity index (χ0) is 15.3. The van der Waals surface area contributed by atoms with Crippen LogP contribution in [0.3, 0.4) is 0 Å². The van der Waals surface area contributed by atoms with Crippen LogP contribution in [0.25, 0.3) is 0 Å². The number of fused-ring (bicyclic) bond motifs is 8. The van der Waals surface area contributed by atoms with Crippen LogP contribution in [0.2, 0.25) is 0 Å². The fourth-order valence-corrected chi connectivity index (χ4v) is 7.17. The predicted octanol–water partition coefficient (Wildman–Crippen LogP) is 3.94. The van der Waals surface area contributed by atoms with Crippen molar-refractivity contribution in [3.63, 3.8) is 0 Å². The first-order valence-corrected chi connectivity index (χ1v) is 9.23. The van der Waals surface area contributed by atoms with E-state index in [1.807, 2.05) is 6.08 Å². The van der Waals surface area contributed by atoms with E-state index in [4.69, 9.17) is 0 Å². The van der Waals surface area contributed by atoms with Crippen LogP contribution in [0.4, 0.5) is 0 Å². The smallest absolute Gasteiger partial charge is 0.155 e. The summed E-state index contributed by atoms with van der Waals surface area (Å²) in [5, 5.41) is 0. The molecule has 0 radical (unpaired) electrons. The Kier molecular flexibility index (Phi) is 2.42. The van der Waals surface area contributed by atoms with Gasteiger partial charge in [-0.2, -0.15) is 0 Å². The van der Waals surface area contributed by atoms with Gasteiger partial charge >= 0.3 is 0 Å². The lowest BCUT2D eigenvalue weighted by atomic mass is 9.47. The minimum absolute atomic E-state index is 0.0175. The second-order valence-electron chi connectivity index (χ2n) is 9.20. The SMILES string of the molecule is C[C@]12CCC(=O)C=C1[C@H]1C[C@H]1[C@@H]1[C@@H]2CC[C@]2(C)C(=O)CC[C@@H]12. The summed E-state index contributed by atoms with van der Waals surface area (Å²) in [5.74, 6) is 4.46. The van der Waals surface area contributed by atoms with Gasteiger partial charge in [-0.15, -0.1) is 0 Å². The van der Waals surface area contributed by atoms with Gasteiger partial charge in [-0.3, -0.25) is 9.59 Å². The third-order valence-electron chi connectivity index (χ3n) is 8.46. The molecule has 0 bridgehead atoms. The Morgan fingerprint density at radius 3 is 2.59 bits per heavy atom. The van der Waals surface area contributed by atoms with E-state index >= 15 is 0 Å². The molecule has 5 rings (SSSR count). The fraction of sp³-hybridized carbons (Fsp3) is 0.800. The molecule has 0 unspecified atom stereocenters. The van der Waals surface area contributed by atoms with Crippen molar-refractivity contribution in [3.05, 3.63) is 11.6 Å². The van der Waals surface area contributed by atoms with Gasteiger partial charge in [0.1, 0.15) is 5.78 Å². The van der Waals surface area contributed by atoms with Crippen LogP contribution in [0.1, 0.15) is 58.8 Å². The second-order valence-corrected chi connectivity index (χ2v) is 9.20. The molecule has 0 aromatic carbocycles. The number of allylic oxidation sites excluding steroid dienone is 1. The van der Waals surface area contributed by atoms with E-state index < -0.39 is 0 Å². The summed E-state index contributed by atoms with van der Waals surface area (Å²) in [6, 6.07) is 0. The van der Waals surface area contributed by atoms with E-state index in [-0.39, 0.29) is 10.8 Å². The number of carbonyl (C=O) groups excluding carboxylic acids is 2. The fourth-order valence-electron chi connectivity index (χ4n) is 7.17. The molecule has 5 aliphatic carbocycles. The van der Waals surface area contributed by atoms with Crippen molar-refractivity contribution in [2.24, 2.45) is 40.4 Å². The topological polar surface area (TPSA) is 34.1 Å². The number of rotatable bonds is 0. The molecule has 0 saturated heterocycles. The lowest BCUT2D eigenvalue weighted by Gasteiger charge is -2.56. The number of carbonyl (C=O) groups is 2. The monoisotopic (exact) mass is 298 g/mol. The summed E-state index contributed by atoms with van der Waals surface area (Å²) in [5.41, 5.74) is 1.74. The van der Waals surface area contributed by atoms with Crippen molar-refractivity contribution in [2.75, 3.05) is 0 Å². The van der Waals surface area contributed by atoms with Crippen molar-refractivity contribution >= 4 is 11.6 Å². The van der Waals surface area contributed by atoms with Crippen molar-refractivity contribution in [1.29, 1.82) is 0 Å². The van der Waals surface area contributed by atoms with Gasteiger partial charge in [0.15, 0.2) is 5.78 Å². The third-order valence-corrected chi connectivity index (χ3v) is 8.46.